The van der Waals surface area contributed by atoms with E-state index >= 15 is 0 Å². The smallest absolute Gasteiger partial charge is 0.248 e. The number of rotatable bonds is 5. The number of allylic oxidation sites excluding steroid dienone is 2. The molecule has 84 valence electrons. The van der Waals surface area contributed by atoms with Gasteiger partial charge in [0.2, 0.25) is 5.79 Å². The summed E-state index contributed by atoms with van der Waals surface area (Å²) in [7, 11) is 3.00. The van der Waals surface area contributed by atoms with Crippen LogP contribution < -0.4 is 0 Å². The van der Waals surface area contributed by atoms with Crippen LogP contribution in [0.15, 0.2) is 24.0 Å². The first kappa shape index (κ1) is 12.7. The molecule has 0 radical (unpaired) electrons. The molecule has 15 heavy (non-hydrogen) atoms. The highest BCUT2D eigenvalue weighted by molar-refractivity contribution is 14.1. The normalized spacial score (nSPS) is 25.3. The van der Waals surface area contributed by atoms with Crippen molar-refractivity contribution in [3.63, 3.8) is 0 Å². The molecule has 0 aromatic heterocycles. The summed E-state index contributed by atoms with van der Waals surface area (Å²) in [5, 5.41) is 0. The second-order valence-corrected chi connectivity index (χ2v) is 3.94. The number of carbonyl (C=O) groups excluding carboxylic acids is 1. The third-order valence-electron chi connectivity index (χ3n) is 2.00. The Morgan fingerprint density at radius 2 is 2.20 bits per heavy atom. The molecule has 5 heteroatoms. The van der Waals surface area contributed by atoms with Crippen molar-refractivity contribution in [1.29, 1.82) is 0 Å². The summed E-state index contributed by atoms with van der Waals surface area (Å²) in [6, 6.07) is 0. The molecule has 0 spiro atoms. The largest absolute Gasteiger partial charge is 0.495 e. The quantitative estimate of drug-likeness (QED) is 0.436. The van der Waals surface area contributed by atoms with Crippen LogP contribution >= 0.6 is 22.6 Å². The number of hydrogen-bond donors (Lipinski definition) is 0. The van der Waals surface area contributed by atoms with Crippen LogP contribution in [-0.2, 0) is 19.0 Å². The minimum absolute atomic E-state index is 0.127. The Morgan fingerprint density at radius 3 is 2.73 bits per heavy atom. The van der Waals surface area contributed by atoms with Crippen molar-refractivity contribution in [3.05, 3.63) is 24.0 Å². The van der Waals surface area contributed by atoms with Gasteiger partial charge in [-0.1, -0.05) is 22.6 Å². The van der Waals surface area contributed by atoms with E-state index in [2.05, 4.69) is 22.6 Å². The van der Waals surface area contributed by atoms with Gasteiger partial charge in [0.05, 0.1) is 13.7 Å². The highest BCUT2D eigenvalue weighted by atomic mass is 127. The zero-order valence-corrected chi connectivity index (χ0v) is 10.8. The Balaban J connectivity index is 2.91. The number of ether oxygens (including phenoxy) is 3. The van der Waals surface area contributed by atoms with Crippen molar-refractivity contribution in [2.75, 3.05) is 25.3 Å². The lowest BCUT2D eigenvalue weighted by Crippen LogP contribution is -2.38. The van der Waals surface area contributed by atoms with Gasteiger partial charge in [0.1, 0.15) is 0 Å². The molecule has 1 unspecified atom stereocenters. The van der Waals surface area contributed by atoms with E-state index in [9.17, 15) is 4.79 Å². The Morgan fingerprint density at radius 1 is 1.47 bits per heavy atom. The minimum atomic E-state index is -1.05. The molecule has 1 aliphatic rings. The standard InChI is InChI=1S/C10H13IO4/c1-13-9-7-8(12)3-4-10(9,14-2)15-6-5-11/h3-4,7H,5-6H2,1-2H3. The molecule has 0 saturated heterocycles. The van der Waals surface area contributed by atoms with E-state index in [0.717, 1.165) is 4.43 Å². The van der Waals surface area contributed by atoms with Crippen LogP contribution in [0.5, 0.6) is 0 Å². The first-order valence-corrected chi connectivity index (χ1v) is 5.95. The lowest BCUT2D eigenvalue weighted by molar-refractivity contribution is -0.180. The fourth-order valence-corrected chi connectivity index (χ4v) is 1.51. The number of halogens is 1. The van der Waals surface area contributed by atoms with Gasteiger partial charge in [-0.15, -0.1) is 0 Å². The van der Waals surface area contributed by atoms with Crippen molar-refractivity contribution in [2.24, 2.45) is 0 Å². The van der Waals surface area contributed by atoms with Gasteiger partial charge in [0.15, 0.2) is 11.5 Å². The molecule has 1 rings (SSSR count). The molecule has 0 N–H and O–H groups in total. The maximum Gasteiger partial charge on any atom is 0.248 e. The summed E-state index contributed by atoms with van der Waals surface area (Å²) < 4.78 is 16.8. The molecule has 0 aromatic rings. The summed E-state index contributed by atoms with van der Waals surface area (Å²) in [6.07, 6.45) is 4.36. The van der Waals surface area contributed by atoms with Crippen molar-refractivity contribution in [3.8, 4) is 0 Å². The fraction of sp³-hybridized carbons (Fsp3) is 0.500. The van der Waals surface area contributed by atoms with E-state index in [1.54, 1.807) is 6.08 Å². The van der Waals surface area contributed by atoms with Gasteiger partial charge in [-0.3, -0.25) is 4.79 Å². The van der Waals surface area contributed by atoms with Gasteiger partial charge in [-0.25, -0.2) is 0 Å². The Labute approximate surface area is 102 Å². The second kappa shape index (κ2) is 5.62. The molecule has 0 bridgehead atoms. The van der Waals surface area contributed by atoms with E-state index in [0.29, 0.717) is 12.4 Å². The van der Waals surface area contributed by atoms with Crippen molar-refractivity contribution in [2.45, 2.75) is 5.79 Å². The fourth-order valence-electron chi connectivity index (χ4n) is 1.29. The molecule has 0 heterocycles. The molecule has 4 nitrogen and oxygen atoms in total. The molecule has 1 aliphatic carbocycles. The summed E-state index contributed by atoms with van der Waals surface area (Å²) in [6.45, 7) is 0.521. The summed E-state index contributed by atoms with van der Waals surface area (Å²) in [5.74, 6) is -0.798. The molecule has 0 aromatic carbocycles. The van der Waals surface area contributed by atoms with Gasteiger partial charge in [-0.2, -0.15) is 0 Å². The van der Waals surface area contributed by atoms with Crippen LogP contribution in [0.2, 0.25) is 0 Å². The molecule has 0 aliphatic heterocycles. The first-order chi connectivity index (χ1) is 7.18. The highest BCUT2D eigenvalue weighted by Crippen LogP contribution is 2.28. The molecular weight excluding hydrogens is 311 g/mol. The van der Waals surface area contributed by atoms with Crippen LogP contribution in [0.3, 0.4) is 0 Å². The highest BCUT2D eigenvalue weighted by Gasteiger charge is 2.37. The van der Waals surface area contributed by atoms with E-state index in [4.69, 9.17) is 14.2 Å². The van der Waals surface area contributed by atoms with Crippen LogP contribution in [0.4, 0.5) is 0 Å². The number of alkyl halides is 1. The van der Waals surface area contributed by atoms with E-state index in [-0.39, 0.29) is 5.78 Å². The lowest BCUT2D eigenvalue weighted by atomic mass is 10.1. The topological polar surface area (TPSA) is 44.8 Å². The van der Waals surface area contributed by atoms with Gasteiger partial charge in [0.25, 0.3) is 0 Å². The summed E-state index contributed by atoms with van der Waals surface area (Å²) in [5.41, 5.74) is 0. The monoisotopic (exact) mass is 324 g/mol. The van der Waals surface area contributed by atoms with E-state index < -0.39 is 5.79 Å². The summed E-state index contributed by atoms with van der Waals surface area (Å²) >= 11 is 2.20. The van der Waals surface area contributed by atoms with E-state index in [1.807, 2.05) is 0 Å². The molecular formula is C10H13IO4. The predicted molar refractivity (Wildman–Crippen MR) is 63.8 cm³/mol. The van der Waals surface area contributed by atoms with Crippen LogP contribution in [0.1, 0.15) is 0 Å². The number of hydrogen-bond acceptors (Lipinski definition) is 4. The van der Waals surface area contributed by atoms with Crippen LogP contribution in [0.25, 0.3) is 0 Å². The van der Waals surface area contributed by atoms with Gasteiger partial charge in [0, 0.05) is 17.6 Å². The summed E-state index contributed by atoms with van der Waals surface area (Å²) in [4.78, 5) is 11.2. The Hall–Kier alpha value is -0.400. The molecule has 1 atom stereocenters. The maximum atomic E-state index is 11.2. The Kier molecular flexibility index (Phi) is 4.75. The number of methoxy groups -OCH3 is 2. The average Bonchev–Trinajstić information content (AvgIpc) is 2.28. The molecule has 0 saturated carbocycles. The maximum absolute atomic E-state index is 11.2. The second-order valence-electron chi connectivity index (χ2n) is 2.86. The average molecular weight is 324 g/mol. The van der Waals surface area contributed by atoms with Crippen molar-refractivity contribution >= 4 is 28.4 Å². The zero-order chi connectivity index (χ0) is 11.3. The van der Waals surface area contributed by atoms with Crippen LogP contribution in [0, 0.1) is 0 Å². The van der Waals surface area contributed by atoms with E-state index in [1.165, 1.54) is 26.4 Å². The van der Waals surface area contributed by atoms with Crippen LogP contribution in [-0.4, -0.2) is 36.8 Å². The van der Waals surface area contributed by atoms with Gasteiger partial charge >= 0.3 is 0 Å². The van der Waals surface area contributed by atoms with Crippen molar-refractivity contribution in [1.82, 2.24) is 0 Å². The van der Waals surface area contributed by atoms with Crippen molar-refractivity contribution < 1.29 is 19.0 Å². The molecule has 0 amide bonds. The first-order valence-electron chi connectivity index (χ1n) is 4.43. The number of ketones is 1. The molecule has 0 fully saturated rings. The Bertz CT molecular complexity index is 298. The third kappa shape index (κ3) is 2.79. The zero-order valence-electron chi connectivity index (χ0n) is 8.66. The van der Waals surface area contributed by atoms with Gasteiger partial charge in [-0.05, 0) is 12.2 Å². The third-order valence-corrected chi connectivity index (χ3v) is 2.44. The van der Waals surface area contributed by atoms with Gasteiger partial charge < -0.3 is 14.2 Å². The SMILES string of the molecule is COC1=CC(=O)C=CC1(OC)OCCI. The minimum Gasteiger partial charge on any atom is -0.495 e. The lowest BCUT2D eigenvalue weighted by Gasteiger charge is -2.31. The predicted octanol–water partition coefficient (Wildman–Crippen LogP) is 1.45. The number of carbonyl (C=O) groups is 1.